The summed E-state index contributed by atoms with van der Waals surface area (Å²) in [6.45, 7) is 3.51. The van der Waals surface area contributed by atoms with Crippen LogP contribution in [0.2, 0.25) is 0 Å². The highest BCUT2D eigenvalue weighted by molar-refractivity contribution is 5.59. The zero-order valence-corrected chi connectivity index (χ0v) is 5.58. The molecule has 0 unspecified atom stereocenters. The lowest BCUT2D eigenvalue weighted by Gasteiger charge is -1.91. The molecular formula is C8H9NO. The molecule has 0 spiro atoms. The molecule has 0 fully saturated rings. The van der Waals surface area contributed by atoms with Crippen molar-refractivity contribution < 1.29 is 4.42 Å². The zero-order valence-electron chi connectivity index (χ0n) is 5.58. The molecule has 52 valence electrons. The van der Waals surface area contributed by atoms with Crippen molar-refractivity contribution in [2.24, 2.45) is 5.73 Å². The van der Waals surface area contributed by atoms with Crippen LogP contribution in [0.1, 0.15) is 5.76 Å². The second kappa shape index (κ2) is 2.92. The van der Waals surface area contributed by atoms with Gasteiger partial charge in [-0.2, -0.15) is 0 Å². The SMILES string of the molecule is C=C/C=C(\N)c1ccco1. The van der Waals surface area contributed by atoms with Crippen LogP contribution in [0.4, 0.5) is 0 Å². The number of hydrogen-bond acceptors (Lipinski definition) is 2. The lowest BCUT2D eigenvalue weighted by molar-refractivity contribution is 0.552. The molecule has 10 heavy (non-hydrogen) atoms. The molecule has 1 aromatic rings. The van der Waals surface area contributed by atoms with Crippen molar-refractivity contribution in [2.45, 2.75) is 0 Å². The molecule has 0 aliphatic rings. The van der Waals surface area contributed by atoms with Crippen molar-refractivity contribution in [3.63, 3.8) is 0 Å². The lowest BCUT2D eigenvalue weighted by atomic mass is 10.3. The summed E-state index contributed by atoms with van der Waals surface area (Å²) in [7, 11) is 0. The minimum Gasteiger partial charge on any atom is -0.463 e. The molecule has 0 aliphatic heterocycles. The van der Waals surface area contributed by atoms with Gasteiger partial charge in [0.15, 0.2) is 0 Å². The van der Waals surface area contributed by atoms with Crippen LogP contribution < -0.4 is 5.73 Å². The van der Waals surface area contributed by atoms with E-state index in [2.05, 4.69) is 6.58 Å². The molecular weight excluding hydrogens is 126 g/mol. The first-order valence-electron chi connectivity index (χ1n) is 2.96. The number of furan rings is 1. The Morgan fingerprint density at radius 2 is 2.50 bits per heavy atom. The van der Waals surface area contributed by atoms with Gasteiger partial charge in [-0.1, -0.05) is 12.7 Å². The third-order valence-electron chi connectivity index (χ3n) is 1.10. The Labute approximate surface area is 59.6 Å². The number of hydrogen-bond donors (Lipinski definition) is 1. The largest absolute Gasteiger partial charge is 0.463 e. The van der Waals surface area contributed by atoms with Crippen LogP contribution in [0.3, 0.4) is 0 Å². The van der Waals surface area contributed by atoms with Crippen molar-refractivity contribution >= 4 is 5.70 Å². The highest BCUT2D eigenvalue weighted by Crippen LogP contribution is 2.07. The van der Waals surface area contributed by atoms with E-state index in [-0.39, 0.29) is 0 Å². The van der Waals surface area contributed by atoms with Crippen LogP contribution in [-0.4, -0.2) is 0 Å². The van der Waals surface area contributed by atoms with E-state index < -0.39 is 0 Å². The summed E-state index contributed by atoms with van der Waals surface area (Å²) in [5.41, 5.74) is 6.14. The summed E-state index contributed by atoms with van der Waals surface area (Å²) >= 11 is 0. The lowest BCUT2D eigenvalue weighted by Crippen LogP contribution is -1.92. The molecule has 1 rings (SSSR count). The van der Waals surface area contributed by atoms with Gasteiger partial charge in [-0.05, 0) is 18.2 Å². The van der Waals surface area contributed by atoms with Gasteiger partial charge in [-0.3, -0.25) is 0 Å². The van der Waals surface area contributed by atoms with E-state index in [0.29, 0.717) is 11.5 Å². The third-order valence-corrected chi connectivity index (χ3v) is 1.10. The molecule has 1 aromatic heterocycles. The molecule has 0 saturated carbocycles. The van der Waals surface area contributed by atoms with E-state index in [9.17, 15) is 0 Å². The molecule has 0 aromatic carbocycles. The average molecular weight is 135 g/mol. The first kappa shape index (κ1) is 6.68. The van der Waals surface area contributed by atoms with Gasteiger partial charge in [0.1, 0.15) is 5.76 Å². The van der Waals surface area contributed by atoms with Gasteiger partial charge in [0.2, 0.25) is 0 Å². The van der Waals surface area contributed by atoms with Gasteiger partial charge in [0.05, 0.1) is 12.0 Å². The summed E-state index contributed by atoms with van der Waals surface area (Å²) in [4.78, 5) is 0. The Kier molecular flexibility index (Phi) is 1.95. The van der Waals surface area contributed by atoms with E-state index in [0.717, 1.165) is 0 Å². The molecule has 0 amide bonds. The molecule has 2 heteroatoms. The third kappa shape index (κ3) is 1.29. The van der Waals surface area contributed by atoms with Crippen LogP contribution in [0.25, 0.3) is 5.70 Å². The second-order valence-electron chi connectivity index (χ2n) is 1.84. The average Bonchev–Trinajstić information content (AvgIpc) is 2.38. The highest BCUT2D eigenvalue weighted by atomic mass is 16.3. The van der Waals surface area contributed by atoms with Crippen LogP contribution >= 0.6 is 0 Å². The van der Waals surface area contributed by atoms with Crippen molar-refractivity contribution in [2.75, 3.05) is 0 Å². The molecule has 2 nitrogen and oxygen atoms in total. The molecule has 0 atom stereocenters. The van der Waals surface area contributed by atoms with Gasteiger partial charge in [0, 0.05) is 0 Å². The standard InChI is InChI=1S/C8H9NO/c1-2-4-7(9)8-5-3-6-10-8/h2-6H,1,9H2/b7-4-. The smallest absolute Gasteiger partial charge is 0.149 e. The van der Waals surface area contributed by atoms with Gasteiger partial charge in [-0.15, -0.1) is 0 Å². The van der Waals surface area contributed by atoms with E-state index in [4.69, 9.17) is 10.2 Å². The fraction of sp³-hybridized carbons (Fsp3) is 0. The van der Waals surface area contributed by atoms with Crippen molar-refractivity contribution in [3.8, 4) is 0 Å². The van der Waals surface area contributed by atoms with Crippen LogP contribution in [0.5, 0.6) is 0 Å². The van der Waals surface area contributed by atoms with Crippen molar-refractivity contribution in [1.29, 1.82) is 0 Å². The van der Waals surface area contributed by atoms with Crippen molar-refractivity contribution in [3.05, 3.63) is 42.9 Å². The molecule has 0 aliphatic carbocycles. The normalized spacial score (nSPS) is 11.4. The molecule has 2 N–H and O–H groups in total. The second-order valence-corrected chi connectivity index (χ2v) is 1.84. The predicted octanol–water partition coefficient (Wildman–Crippen LogP) is 1.77. The quantitative estimate of drug-likeness (QED) is 0.627. The Hall–Kier alpha value is -1.44. The fourth-order valence-corrected chi connectivity index (χ4v) is 0.652. The summed E-state index contributed by atoms with van der Waals surface area (Å²) < 4.78 is 5.01. The minimum absolute atomic E-state index is 0.597. The maximum Gasteiger partial charge on any atom is 0.149 e. The molecule has 1 heterocycles. The Bertz CT molecular complexity index is 234. The maximum atomic E-state index is 5.55. The molecule has 0 radical (unpaired) electrons. The Morgan fingerprint density at radius 1 is 1.70 bits per heavy atom. The summed E-state index contributed by atoms with van der Waals surface area (Å²) in [5.74, 6) is 0.680. The van der Waals surface area contributed by atoms with Gasteiger partial charge < -0.3 is 10.2 Å². The Morgan fingerprint density at radius 3 is 3.00 bits per heavy atom. The van der Waals surface area contributed by atoms with Gasteiger partial charge >= 0.3 is 0 Å². The van der Waals surface area contributed by atoms with E-state index in [1.807, 2.05) is 0 Å². The van der Waals surface area contributed by atoms with E-state index in [1.54, 1.807) is 30.5 Å². The fourth-order valence-electron chi connectivity index (χ4n) is 0.652. The molecule has 0 bridgehead atoms. The van der Waals surface area contributed by atoms with Gasteiger partial charge in [0.25, 0.3) is 0 Å². The summed E-state index contributed by atoms with van der Waals surface area (Å²) in [5, 5.41) is 0. The van der Waals surface area contributed by atoms with Crippen LogP contribution in [-0.2, 0) is 0 Å². The first-order chi connectivity index (χ1) is 4.84. The van der Waals surface area contributed by atoms with E-state index >= 15 is 0 Å². The topological polar surface area (TPSA) is 39.2 Å². The number of allylic oxidation sites excluding steroid dienone is 2. The highest BCUT2D eigenvalue weighted by Gasteiger charge is 1.94. The first-order valence-corrected chi connectivity index (χ1v) is 2.96. The van der Waals surface area contributed by atoms with Gasteiger partial charge in [-0.25, -0.2) is 0 Å². The minimum atomic E-state index is 0.597. The summed E-state index contributed by atoms with van der Waals surface area (Å²) in [6, 6.07) is 3.59. The number of rotatable bonds is 2. The van der Waals surface area contributed by atoms with E-state index in [1.165, 1.54) is 0 Å². The monoisotopic (exact) mass is 135 g/mol. The predicted molar refractivity (Wildman–Crippen MR) is 41.1 cm³/mol. The van der Waals surface area contributed by atoms with Crippen LogP contribution in [0, 0.1) is 0 Å². The van der Waals surface area contributed by atoms with Crippen LogP contribution in [0.15, 0.2) is 41.5 Å². The van der Waals surface area contributed by atoms with Crippen molar-refractivity contribution in [1.82, 2.24) is 0 Å². The maximum absolute atomic E-state index is 5.55. The Balaban J connectivity index is 2.86. The molecule has 0 saturated heterocycles. The zero-order chi connectivity index (χ0) is 7.40. The summed E-state index contributed by atoms with van der Waals surface area (Å²) in [6.07, 6.45) is 4.90. The number of nitrogens with two attached hydrogens (primary N) is 1.